The number of benzene rings is 3. The number of anilines is 1. The summed E-state index contributed by atoms with van der Waals surface area (Å²) < 4.78 is 18.5. The summed E-state index contributed by atoms with van der Waals surface area (Å²) in [5.74, 6) is -3.13. The lowest BCUT2D eigenvalue weighted by Crippen LogP contribution is -2.57. The minimum Gasteiger partial charge on any atom is -0.497 e. The van der Waals surface area contributed by atoms with Crippen LogP contribution in [0.1, 0.15) is 55.9 Å². The Morgan fingerprint density at radius 1 is 1.00 bits per heavy atom. The third-order valence-corrected chi connectivity index (χ3v) is 11.3. The summed E-state index contributed by atoms with van der Waals surface area (Å²) in [6, 6.07) is 22.6. The van der Waals surface area contributed by atoms with Gasteiger partial charge < -0.3 is 34.0 Å². The molecule has 3 fully saturated rings. The molecule has 3 amide bonds. The zero-order valence-electron chi connectivity index (χ0n) is 31.1. The average molecular weight is 736 g/mol. The Bertz CT molecular complexity index is 1840. The summed E-state index contributed by atoms with van der Waals surface area (Å²) in [4.78, 5) is 62.4. The van der Waals surface area contributed by atoms with E-state index >= 15 is 9.59 Å². The maximum Gasteiger partial charge on any atom is 0.313 e. The first-order valence-electron chi connectivity index (χ1n) is 18.5. The first kappa shape index (κ1) is 38.5. The van der Waals surface area contributed by atoms with Crippen molar-refractivity contribution >= 4 is 29.4 Å². The Kier molecular flexibility index (Phi) is 11.7. The predicted octanol–water partition coefficient (Wildman–Crippen LogP) is 5.42. The highest BCUT2D eigenvalue weighted by Crippen LogP contribution is 2.60. The van der Waals surface area contributed by atoms with Crippen LogP contribution in [0.5, 0.6) is 5.75 Å². The molecule has 2 bridgehead atoms. The molecule has 3 heterocycles. The number of esters is 1. The average Bonchev–Trinajstić information content (AvgIpc) is 3.85. The number of ether oxygens (including phenoxy) is 3. The normalized spacial score (nSPS) is 24.2. The standard InChI is InChI=1S/C43H49N3O8/c1-6-8-19-35(48)44(4)28(3)38(30-17-13-10-14-18-30)53-42(51)36-34-24-25-43(54-34)37(36)40(49)46(33(27-47)29-15-11-9-12-16-29)39(43)41(50)45(26-7-2)31-20-22-32(52-5)23-21-31/h6-7,9-18,20-23,28,33-34,36-39,47H,1-2,8,19,24-27H2,3-5H3/t28-,33+,34+,36-,37-,38+,39+,43-/m0/s1. The van der Waals surface area contributed by atoms with E-state index in [1.807, 2.05) is 55.5 Å². The molecule has 0 unspecified atom stereocenters. The largest absolute Gasteiger partial charge is 0.497 e. The molecular weight excluding hydrogens is 686 g/mol. The fourth-order valence-corrected chi connectivity index (χ4v) is 8.49. The SMILES string of the molecule is C=CCCC(=O)N(C)[C@@H](C)[C@@H](OC(=O)[C@@H]1[C@H]2C(=O)N([C@H](CO)c3ccccc3)[C@H](C(=O)N(CC=C)c3ccc(OC)cc3)[C@]23CC[C@H]1O3)c1ccccc1. The summed E-state index contributed by atoms with van der Waals surface area (Å²) in [6.45, 7) is 9.10. The molecule has 0 aromatic heterocycles. The van der Waals surface area contributed by atoms with Crippen LogP contribution in [0.25, 0.3) is 0 Å². The van der Waals surface area contributed by atoms with Gasteiger partial charge in [0.15, 0.2) is 0 Å². The molecule has 54 heavy (non-hydrogen) atoms. The van der Waals surface area contributed by atoms with Gasteiger partial charge in [0, 0.05) is 25.7 Å². The highest BCUT2D eigenvalue weighted by atomic mass is 16.6. The monoisotopic (exact) mass is 735 g/mol. The summed E-state index contributed by atoms with van der Waals surface area (Å²) in [5.41, 5.74) is 0.514. The van der Waals surface area contributed by atoms with E-state index in [-0.39, 0.29) is 18.9 Å². The smallest absolute Gasteiger partial charge is 0.313 e. The number of aliphatic hydroxyl groups is 1. The van der Waals surface area contributed by atoms with Gasteiger partial charge in [-0.3, -0.25) is 19.2 Å². The van der Waals surface area contributed by atoms with E-state index in [0.29, 0.717) is 41.8 Å². The number of likely N-dealkylation sites (N-methyl/N-ethyl adjacent to an activating group) is 1. The molecule has 11 heteroatoms. The molecule has 3 aliphatic heterocycles. The van der Waals surface area contributed by atoms with Gasteiger partial charge in [-0.25, -0.2) is 0 Å². The minimum atomic E-state index is -1.37. The molecule has 1 spiro atoms. The highest BCUT2D eigenvalue weighted by molar-refractivity contribution is 6.05. The van der Waals surface area contributed by atoms with Crippen LogP contribution >= 0.6 is 0 Å². The Labute approximate surface area is 316 Å². The Balaban J connectivity index is 1.40. The number of rotatable bonds is 16. The van der Waals surface area contributed by atoms with Gasteiger partial charge in [-0.15, -0.1) is 13.2 Å². The van der Waals surface area contributed by atoms with Crippen molar-refractivity contribution in [1.29, 1.82) is 0 Å². The molecule has 0 saturated carbocycles. The van der Waals surface area contributed by atoms with Gasteiger partial charge in [-0.1, -0.05) is 72.8 Å². The van der Waals surface area contributed by atoms with Gasteiger partial charge in [-0.05, 0) is 61.6 Å². The molecule has 11 nitrogen and oxygen atoms in total. The quantitative estimate of drug-likeness (QED) is 0.153. The Hall–Kier alpha value is -5.26. The lowest BCUT2D eigenvalue weighted by atomic mass is 9.70. The maximum atomic E-state index is 15.1. The number of fused-ring (bicyclic) bond motifs is 1. The van der Waals surface area contributed by atoms with Crippen LogP contribution in [-0.2, 0) is 28.7 Å². The molecule has 284 valence electrons. The van der Waals surface area contributed by atoms with Gasteiger partial charge >= 0.3 is 5.97 Å². The fourth-order valence-electron chi connectivity index (χ4n) is 8.49. The fraction of sp³-hybridized carbons (Fsp3) is 0.395. The third-order valence-electron chi connectivity index (χ3n) is 11.3. The number of hydrogen-bond donors (Lipinski definition) is 1. The number of aliphatic hydroxyl groups excluding tert-OH is 1. The Morgan fingerprint density at radius 3 is 2.24 bits per heavy atom. The zero-order valence-corrected chi connectivity index (χ0v) is 31.1. The second-order valence-corrected chi connectivity index (χ2v) is 14.2. The predicted molar refractivity (Wildman–Crippen MR) is 203 cm³/mol. The van der Waals surface area contributed by atoms with Crippen molar-refractivity contribution < 1.29 is 38.5 Å². The van der Waals surface area contributed by atoms with E-state index < -0.39 is 72.2 Å². The van der Waals surface area contributed by atoms with Gasteiger partial charge in [0.2, 0.25) is 11.8 Å². The van der Waals surface area contributed by atoms with Crippen LogP contribution in [0.15, 0.2) is 110 Å². The van der Waals surface area contributed by atoms with Crippen LogP contribution in [0.3, 0.4) is 0 Å². The number of carbonyl (C=O) groups excluding carboxylic acids is 4. The molecule has 0 radical (unpaired) electrons. The number of nitrogens with zero attached hydrogens (tertiary/aromatic N) is 3. The van der Waals surface area contributed by atoms with E-state index in [1.54, 1.807) is 72.5 Å². The molecule has 0 aliphatic carbocycles. The van der Waals surface area contributed by atoms with E-state index in [9.17, 15) is 14.7 Å². The number of carbonyl (C=O) groups is 4. The van der Waals surface area contributed by atoms with Crippen molar-refractivity contribution in [3.05, 3.63) is 121 Å². The van der Waals surface area contributed by atoms with E-state index in [2.05, 4.69) is 13.2 Å². The molecule has 6 rings (SSSR count). The van der Waals surface area contributed by atoms with E-state index in [1.165, 1.54) is 4.90 Å². The third kappa shape index (κ3) is 6.94. The van der Waals surface area contributed by atoms with Crippen LogP contribution < -0.4 is 9.64 Å². The second-order valence-electron chi connectivity index (χ2n) is 14.2. The van der Waals surface area contributed by atoms with Crippen molar-refractivity contribution in [1.82, 2.24) is 9.80 Å². The van der Waals surface area contributed by atoms with Crippen molar-refractivity contribution in [2.45, 2.75) is 68.5 Å². The summed E-state index contributed by atoms with van der Waals surface area (Å²) in [7, 11) is 3.24. The molecule has 3 aromatic rings. The van der Waals surface area contributed by atoms with Crippen LogP contribution in [0.2, 0.25) is 0 Å². The number of amides is 3. The summed E-state index contributed by atoms with van der Waals surface area (Å²) in [6.07, 6.45) is 3.29. The molecule has 3 aliphatic rings. The summed E-state index contributed by atoms with van der Waals surface area (Å²) >= 11 is 0. The van der Waals surface area contributed by atoms with Crippen LogP contribution in [0.4, 0.5) is 5.69 Å². The first-order valence-corrected chi connectivity index (χ1v) is 18.5. The van der Waals surface area contributed by atoms with Gasteiger partial charge in [-0.2, -0.15) is 0 Å². The van der Waals surface area contributed by atoms with Crippen molar-refractivity contribution in [2.24, 2.45) is 11.8 Å². The van der Waals surface area contributed by atoms with Gasteiger partial charge in [0.1, 0.15) is 23.5 Å². The van der Waals surface area contributed by atoms with Crippen LogP contribution in [-0.4, -0.2) is 89.7 Å². The minimum absolute atomic E-state index is 0.124. The molecular formula is C43H49N3O8. The Morgan fingerprint density at radius 2 is 1.65 bits per heavy atom. The number of methoxy groups -OCH3 is 1. The topological polar surface area (TPSA) is 126 Å². The lowest BCUT2D eigenvalue weighted by molar-refractivity contribution is -0.165. The van der Waals surface area contributed by atoms with Crippen molar-refractivity contribution in [2.75, 3.05) is 32.2 Å². The zero-order chi connectivity index (χ0) is 38.6. The van der Waals surface area contributed by atoms with Crippen LogP contribution in [0, 0.1) is 11.8 Å². The van der Waals surface area contributed by atoms with Crippen molar-refractivity contribution in [3.8, 4) is 5.75 Å². The molecule has 8 atom stereocenters. The van der Waals surface area contributed by atoms with E-state index in [0.717, 1.165) is 0 Å². The second kappa shape index (κ2) is 16.4. The lowest BCUT2D eigenvalue weighted by Gasteiger charge is -2.39. The summed E-state index contributed by atoms with van der Waals surface area (Å²) in [5, 5.41) is 10.9. The number of likely N-dealkylation sites (tertiary alicyclic amines) is 1. The highest BCUT2D eigenvalue weighted by Gasteiger charge is 2.76. The van der Waals surface area contributed by atoms with Gasteiger partial charge in [0.25, 0.3) is 5.91 Å². The number of hydrogen-bond acceptors (Lipinski definition) is 8. The van der Waals surface area contributed by atoms with Crippen molar-refractivity contribution in [3.63, 3.8) is 0 Å². The van der Waals surface area contributed by atoms with E-state index in [4.69, 9.17) is 14.2 Å². The molecule has 1 N–H and O–H groups in total. The molecule has 3 aromatic carbocycles. The molecule has 3 saturated heterocycles. The van der Waals surface area contributed by atoms with Gasteiger partial charge in [0.05, 0.1) is 43.7 Å². The first-order chi connectivity index (χ1) is 26.1. The number of allylic oxidation sites excluding steroid dienone is 1. The maximum absolute atomic E-state index is 15.1.